The van der Waals surface area contributed by atoms with Gasteiger partial charge in [-0.15, -0.1) is 0 Å². The van der Waals surface area contributed by atoms with Crippen molar-refractivity contribution in [1.29, 1.82) is 0 Å². The second-order valence-electron chi connectivity index (χ2n) is 4.07. The smallest absolute Gasteiger partial charge is 0.251 e. The predicted octanol–water partition coefficient (Wildman–Crippen LogP) is 0.344. The van der Waals surface area contributed by atoms with E-state index in [9.17, 15) is 9.59 Å². The number of likely N-dealkylation sites (tertiary alicyclic amines) is 1. The fraction of sp³-hybridized carbons (Fsp3) is 0.455. The van der Waals surface area contributed by atoms with Gasteiger partial charge in [-0.25, -0.2) is 9.97 Å². The van der Waals surface area contributed by atoms with E-state index in [1.807, 2.05) is 6.92 Å². The van der Waals surface area contributed by atoms with Crippen molar-refractivity contribution in [3.8, 4) is 0 Å². The van der Waals surface area contributed by atoms with Crippen LogP contribution < -0.4 is 5.32 Å². The lowest BCUT2D eigenvalue weighted by Crippen LogP contribution is -2.48. The van der Waals surface area contributed by atoms with Crippen LogP contribution in [-0.2, 0) is 9.59 Å². The highest BCUT2D eigenvalue weighted by atomic mass is 16.2. The number of nitrogens with one attached hydrogen (secondary N) is 1. The number of likely N-dealkylation sites (N-methyl/N-ethyl adjacent to an activating group) is 1. The Morgan fingerprint density at radius 1 is 1.41 bits per heavy atom. The molecule has 0 aliphatic carbocycles. The summed E-state index contributed by atoms with van der Waals surface area (Å²) >= 11 is 0. The van der Waals surface area contributed by atoms with Gasteiger partial charge in [-0.2, -0.15) is 0 Å². The number of hydrogen-bond donors (Lipinski definition) is 1. The Bertz CT molecular complexity index is 461. The first kappa shape index (κ1) is 11.5. The summed E-state index contributed by atoms with van der Waals surface area (Å²) in [7, 11) is 1.50. The number of aromatic nitrogens is 2. The average Bonchev–Trinajstić information content (AvgIpc) is 2.30. The average molecular weight is 234 g/mol. The summed E-state index contributed by atoms with van der Waals surface area (Å²) in [5.74, 6) is 0.267. The number of piperidine rings is 1. The van der Waals surface area contributed by atoms with Gasteiger partial charge in [-0.3, -0.25) is 14.5 Å². The van der Waals surface area contributed by atoms with E-state index in [1.54, 1.807) is 6.07 Å². The highest BCUT2D eigenvalue weighted by molar-refractivity contribution is 6.01. The van der Waals surface area contributed by atoms with Crippen molar-refractivity contribution in [1.82, 2.24) is 14.9 Å². The second kappa shape index (κ2) is 4.48. The van der Waals surface area contributed by atoms with Gasteiger partial charge in [-0.05, 0) is 13.3 Å². The summed E-state index contributed by atoms with van der Waals surface area (Å²) in [5, 5.41) is 3.03. The number of amides is 2. The first-order valence-electron chi connectivity index (χ1n) is 5.43. The zero-order valence-electron chi connectivity index (χ0n) is 9.80. The van der Waals surface area contributed by atoms with E-state index in [-0.39, 0.29) is 17.9 Å². The highest BCUT2D eigenvalue weighted by Crippen LogP contribution is 2.15. The maximum Gasteiger partial charge on any atom is 0.251 e. The van der Waals surface area contributed by atoms with Crippen LogP contribution >= 0.6 is 0 Å². The molecular weight excluding hydrogens is 220 g/mol. The van der Waals surface area contributed by atoms with Gasteiger partial charge in [0.15, 0.2) is 0 Å². The maximum absolute atomic E-state index is 11.8. The van der Waals surface area contributed by atoms with Crippen molar-refractivity contribution in [2.24, 2.45) is 0 Å². The number of nitrogens with zero attached hydrogens (tertiary/aromatic N) is 3. The molecule has 1 fully saturated rings. The van der Waals surface area contributed by atoms with E-state index in [0.29, 0.717) is 18.7 Å². The van der Waals surface area contributed by atoms with E-state index in [0.717, 1.165) is 10.6 Å². The summed E-state index contributed by atoms with van der Waals surface area (Å²) in [6.45, 7) is 1.85. The molecule has 1 atom stereocenters. The first-order valence-corrected chi connectivity index (χ1v) is 5.43. The third kappa shape index (κ3) is 2.41. The number of rotatable bonds is 2. The molecule has 2 rings (SSSR count). The van der Waals surface area contributed by atoms with Crippen molar-refractivity contribution >= 4 is 17.6 Å². The minimum Gasteiger partial charge on any atom is -0.358 e. The number of anilines is 1. The molecule has 1 aliphatic rings. The zero-order chi connectivity index (χ0) is 12.4. The SMILES string of the molecule is Cc1cc(NC2CCC(=O)N(C)C2=O)ncn1. The molecule has 0 radical (unpaired) electrons. The van der Waals surface area contributed by atoms with Gasteiger partial charge < -0.3 is 5.32 Å². The molecule has 0 bridgehead atoms. The number of aryl methyl sites for hydroxylation is 1. The quantitative estimate of drug-likeness (QED) is 0.747. The molecule has 90 valence electrons. The fourth-order valence-electron chi connectivity index (χ4n) is 1.76. The normalized spacial score (nSPS) is 20.6. The number of hydrogen-bond acceptors (Lipinski definition) is 5. The van der Waals surface area contributed by atoms with Crippen LogP contribution in [0.4, 0.5) is 5.82 Å². The van der Waals surface area contributed by atoms with Crippen molar-refractivity contribution in [2.75, 3.05) is 12.4 Å². The summed E-state index contributed by atoms with van der Waals surface area (Å²) in [5.41, 5.74) is 0.829. The van der Waals surface area contributed by atoms with Crippen LogP contribution in [0.1, 0.15) is 18.5 Å². The van der Waals surface area contributed by atoms with Crippen LogP contribution in [0.5, 0.6) is 0 Å². The molecule has 2 amide bonds. The van der Waals surface area contributed by atoms with Gasteiger partial charge >= 0.3 is 0 Å². The van der Waals surface area contributed by atoms with Gasteiger partial charge in [0.1, 0.15) is 18.2 Å². The van der Waals surface area contributed by atoms with Crippen LogP contribution in [0.15, 0.2) is 12.4 Å². The van der Waals surface area contributed by atoms with E-state index < -0.39 is 0 Å². The number of carbonyl (C=O) groups excluding carboxylic acids is 2. The lowest BCUT2D eigenvalue weighted by Gasteiger charge is -2.28. The summed E-state index contributed by atoms with van der Waals surface area (Å²) < 4.78 is 0. The Kier molecular flexibility index (Phi) is 3.03. The summed E-state index contributed by atoms with van der Waals surface area (Å²) in [6, 6.07) is 1.39. The molecule has 1 saturated heterocycles. The lowest BCUT2D eigenvalue weighted by atomic mass is 10.0. The van der Waals surface area contributed by atoms with Crippen LogP contribution in [-0.4, -0.2) is 39.8 Å². The Labute approximate surface area is 99.1 Å². The molecule has 0 saturated carbocycles. The van der Waals surface area contributed by atoms with Gasteiger partial charge in [0.2, 0.25) is 5.91 Å². The van der Waals surface area contributed by atoms with Gasteiger partial charge in [-0.1, -0.05) is 0 Å². The Morgan fingerprint density at radius 3 is 2.88 bits per heavy atom. The number of imide groups is 1. The molecule has 6 nitrogen and oxygen atoms in total. The summed E-state index contributed by atoms with van der Waals surface area (Å²) in [6.07, 6.45) is 2.33. The van der Waals surface area contributed by atoms with Gasteiger partial charge in [0.05, 0.1) is 0 Å². The Balaban J connectivity index is 2.09. The van der Waals surface area contributed by atoms with E-state index in [2.05, 4.69) is 15.3 Å². The molecule has 1 aromatic rings. The van der Waals surface area contributed by atoms with Crippen molar-refractivity contribution < 1.29 is 9.59 Å². The topological polar surface area (TPSA) is 75.2 Å². The Hall–Kier alpha value is -1.98. The molecule has 6 heteroatoms. The molecule has 0 spiro atoms. The largest absolute Gasteiger partial charge is 0.358 e. The standard InChI is InChI=1S/C11H14N4O2/c1-7-5-9(13-6-12-7)14-8-3-4-10(16)15(2)11(8)17/h5-6,8H,3-4H2,1-2H3,(H,12,13,14). The van der Waals surface area contributed by atoms with Crippen molar-refractivity contribution in [3.63, 3.8) is 0 Å². The Morgan fingerprint density at radius 2 is 2.18 bits per heavy atom. The number of carbonyl (C=O) groups is 2. The predicted molar refractivity (Wildman–Crippen MR) is 61.2 cm³/mol. The van der Waals surface area contributed by atoms with Crippen LogP contribution in [0, 0.1) is 6.92 Å². The molecule has 2 heterocycles. The van der Waals surface area contributed by atoms with Crippen molar-refractivity contribution in [2.45, 2.75) is 25.8 Å². The first-order chi connectivity index (χ1) is 8.08. The molecular formula is C11H14N4O2. The minimum absolute atomic E-state index is 0.132. The molecule has 0 aromatic carbocycles. The van der Waals surface area contributed by atoms with Crippen LogP contribution in [0.25, 0.3) is 0 Å². The third-order valence-electron chi connectivity index (χ3n) is 2.78. The minimum atomic E-state index is -0.382. The molecule has 1 aliphatic heterocycles. The molecule has 17 heavy (non-hydrogen) atoms. The third-order valence-corrected chi connectivity index (χ3v) is 2.78. The summed E-state index contributed by atoms with van der Waals surface area (Å²) in [4.78, 5) is 32.3. The van der Waals surface area contributed by atoms with Crippen LogP contribution in [0.3, 0.4) is 0 Å². The molecule has 1 aromatic heterocycles. The molecule has 1 N–H and O–H groups in total. The molecule has 1 unspecified atom stereocenters. The van der Waals surface area contributed by atoms with Crippen molar-refractivity contribution in [3.05, 3.63) is 18.1 Å². The second-order valence-corrected chi connectivity index (χ2v) is 4.07. The van der Waals surface area contributed by atoms with E-state index in [4.69, 9.17) is 0 Å². The fourth-order valence-corrected chi connectivity index (χ4v) is 1.76. The van der Waals surface area contributed by atoms with Gasteiger partial charge in [0, 0.05) is 25.2 Å². The van der Waals surface area contributed by atoms with E-state index in [1.165, 1.54) is 13.4 Å². The highest BCUT2D eigenvalue weighted by Gasteiger charge is 2.31. The monoisotopic (exact) mass is 234 g/mol. The maximum atomic E-state index is 11.8. The lowest BCUT2D eigenvalue weighted by molar-refractivity contribution is -0.146. The van der Waals surface area contributed by atoms with Crippen LogP contribution in [0.2, 0.25) is 0 Å². The van der Waals surface area contributed by atoms with Gasteiger partial charge in [0.25, 0.3) is 5.91 Å². The zero-order valence-corrected chi connectivity index (χ0v) is 9.80. The van der Waals surface area contributed by atoms with E-state index >= 15 is 0 Å².